The predicted molar refractivity (Wildman–Crippen MR) is 68.8 cm³/mol. The summed E-state index contributed by atoms with van der Waals surface area (Å²) in [4.78, 5) is 28.5. The third kappa shape index (κ3) is 1.84. The van der Waals surface area contributed by atoms with Crippen LogP contribution in [0.1, 0.15) is 35.2 Å². The molecule has 2 heterocycles. The standard InChI is InChI=1S/C14H18N2O3/c1-8-5-15-6-11(8)13(17)16-7-9-3-2-4-10(9)12(16)14(18)19/h5-6,9-10,12,15H,2-4,7H2,1H3,(H,18,19)/t9-,10+,12+/m0/s1. The average molecular weight is 262 g/mol. The first-order valence-electron chi connectivity index (χ1n) is 6.76. The van der Waals surface area contributed by atoms with Gasteiger partial charge in [0.05, 0.1) is 5.56 Å². The van der Waals surface area contributed by atoms with E-state index in [9.17, 15) is 14.7 Å². The molecule has 3 rings (SSSR count). The van der Waals surface area contributed by atoms with Gasteiger partial charge in [-0.05, 0) is 37.2 Å². The fraction of sp³-hybridized carbons (Fsp3) is 0.571. The van der Waals surface area contributed by atoms with E-state index >= 15 is 0 Å². The van der Waals surface area contributed by atoms with E-state index in [4.69, 9.17) is 0 Å². The van der Waals surface area contributed by atoms with Crippen molar-refractivity contribution in [1.82, 2.24) is 9.88 Å². The molecule has 0 spiro atoms. The van der Waals surface area contributed by atoms with Crippen molar-refractivity contribution < 1.29 is 14.7 Å². The topological polar surface area (TPSA) is 73.4 Å². The number of aromatic amines is 1. The maximum atomic E-state index is 12.5. The number of aromatic nitrogens is 1. The molecule has 1 aromatic heterocycles. The Balaban J connectivity index is 1.90. The second-order valence-corrected chi connectivity index (χ2v) is 5.65. The molecule has 1 saturated carbocycles. The van der Waals surface area contributed by atoms with Crippen LogP contribution in [0, 0.1) is 18.8 Å². The Labute approximate surface area is 111 Å². The minimum atomic E-state index is -0.865. The first-order chi connectivity index (χ1) is 9.09. The maximum Gasteiger partial charge on any atom is 0.326 e. The fourth-order valence-corrected chi connectivity index (χ4v) is 3.66. The molecule has 3 atom stereocenters. The van der Waals surface area contributed by atoms with Gasteiger partial charge in [-0.3, -0.25) is 4.79 Å². The lowest BCUT2D eigenvalue weighted by atomic mass is 9.94. The highest BCUT2D eigenvalue weighted by atomic mass is 16.4. The summed E-state index contributed by atoms with van der Waals surface area (Å²) in [7, 11) is 0. The molecule has 1 aromatic rings. The van der Waals surface area contributed by atoms with Gasteiger partial charge in [-0.15, -0.1) is 0 Å². The number of carboxylic acid groups (broad SMARTS) is 1. The first kappa shape index (κ1) is 12.3. The van der Waals surface area contributed by atoms with Gasteiger partial charge in [0.15, 0.2) is 0 Å². The van der Waals surface area contributed by atoms with Gasteiger partial charge in [0.2, 0.25) is 0 Å². The molecule has 0 unspecified atom stereocenters. The molecule has 19 heavy (non-hydrogen) atoms. The summed E-state index contributed by atoms with van der Waals surface area (Å²) in [5.41, 5.74) is 1.46. The molecule has 0 radical (unpaired) electrons. The van der Waals surface area contributed by atoms with Crippen molar-refractivity contribution in [3.8, 4) is 0 Å². The van der Waals surface area contributed by atoms with Crippen LogP contribution < -0.4 is 0 Å². The van der Waals surface area contributed by atoms with Gasteiger partial charge in [0, 0.05) is 18.9 Å². The number of aliphatic carboxylic acids is 1. The highest BCUT2D eigenvalue weighted by molar-refractivity contribution is 5.98. The van der Waals surface area contributed by atoms with E-state index in [2.05, 4.69) is 4.98 Å². The lowest BCUT2D eigenvalue weighted by Crippen LogP contribution is -2.43. The second-order valence-electron chi connectivity index (χ2n) is 5.65. The number of amides is 1. The number of aryl methyl sites for hydroxylation is 1. The van der Waals surface area contributed by atoms with Crippen molar-refractivity contribution in [2.24, 2.45) is 11.8 Å². The molecule has 5 heteroatoms. The summed E-state index contributed by atoms with van der Waals surface area (Å²) in [6.45, 7) is 2.45. The molecule has 2 aliphatic rings. The molecule has 0 bridgehead atoms. The Morgan fingerprint density at radius 3 is 2.79 bits per heavy atom. The van der Waals surface area contributed by atoms with Crippen molar-refractivity contribution in [3.63, 3.8) is 0 Å². The molecular formula is C14H18N2O3. The van der Waals surface area contributed by atoms with Gasteiger partial charge in [0.1, 0.15) is 6.04 Å². The molecule has 1 saturated heterocycles. The predicted octanol–water partition coefficient (Wildman–Crippen LogP) is 1.65. The number of fused-ring (bicyclic) bond motifs is 1. The van der Waals surface area contributed by atoms with Crippen LogP contribution in [-0.4, -0.2) is 39.5 Å². The van der Waals surface area contributed by atoms with E-state index < -0.39 is 12.0 Å². The summed E-state index contributed by atoms with van der Waals surface area (Å²) >= 11 is 0. The lowest BCUT2D eigenvalue weighted by molar-refractivity contribution is -0.142. The molecule has 102 valence electrons. The summed E-state index contributed by atoms with van der Waals surface area (Å²) in [6.07, 6.45) is 6.48. The number of carbonyl (C=O) groups is 2. The molecule has 1 aliphatic carbocycles. The van der Waals surface area contributed by atoms with E-state index in [-0.39, 0.29) is 11.8 Å². The Bertz CT molecular complexity index is 523. The smallest absolute Gasteiger partial charge is 0.326 e. The van der Waals surface area contributed by atoms with Gasteiger partial charge in [0.25, 0.3) is 5.91 Å². The van der Waals surface area contributed by atoms with Gasteiger partial charge >= 0.3 is 5.97 Å². The Morgan fingerprint density at radius 1 is 1.37 bits per heavy atom. The summed E-state index contributed by atoms with van der Waals surface area (Å²) in [5.74, 6) is -0.513. The van der Waals surface area contributed by atoms with Crippen LogP contribution in [0.25, 0.3) is 0 Å². The minimum absolute atomic E-state index is 0.140. The summed E-state index contributed by atoms with van der Waals surface area (Å²) < 4.78 is 0. The van der Waals surface area contributed by atoms with E-state index in [1.54, 1.807) is 17.3 Å². The van der Waals surface area contributed by atoms with Gasteiger partial charge in [-0.1, -0.05) is 6.42 Å². The van der Waals surface area contributed by atoms with Crippen LogP contribution >= 0.6 is 0 Å². The Hall–Kier alpha value is -1.78. The van der Waals surface area contributed by atoms with Crippen LogP contribution in [-0.2, 0) is 4.79 Å². The largest absolute Gasteiger partial charge is 0.480 e. The van der Waals surface area contributed by atoms with Gasteiger partial charge < -0.3 is 15.0 Å². The average Bonchev–Trinajstić information content (AvgIpc) is 3.00. The number of carboxylic acids is 1. The normalized spacial score (nSPS) is 29.5. The molecule has 2 N–H and O–H groups in total. The molecule has 1 amide bonds. The number of rotatable bonds is 2. The number of nitrogens with one attached hydrogen (secondary N) is 1. The first-order valence-corrected chi connectivity index (χ1v) is 6.76. The number of carbonyl (C=O) groups excluding carboxylic acids is 1. The maximum absolute atomic E-state index is 12.5. The van der Waals surface area contributed by atoms with E-state index in [0.29, 0.717) is 18.0 Å². The van der Waals surface area contributed by atoms with Crippen molar-refractivity contribution in [1.29, 1.82) is 0 Å². The van der Waals surface area contributed by atoms with Gasteiger partial charge in [-0.25, -0.2) is 4.79 Å². The van der Waals surface area contributed by atoms with Crippen LogP contribution in [0.4, 0.5) is 0 Å². The molecule has 2 fully saturated rings. The summed E-state index contributed by atoms with van der Waals surface area (Å²) in [5, 5.41) is 9.44. The third-order valence-electron chi connectivity index (χ3n) is 4.59. The van der Waals surface area contributed by atoms with Crippen molar-refractivity contribution in [2.75, 3.05) is 6.54 Å². The Kier molecular flexibility index (Phi) is 2.84. The SMILES string of the molecule is Cc1c[nH]cc1C(=O)N1C[C@@H]2CCC[C@H]2[C@@H]1C(=O)O. The highest BCUT2D eigenvalue weighted by Gasteiger charge is 2.49. The Morgan fingerprint density at radius 2 is 2.16 bits per heavy atom. The van der Waals surface area contributed by atoms with Crippen LogP contribution in [0.2, 0.25) is 0 Å². The van der Waals surface area contributed by atoms with E-state index in [1.807, 2.05) is 6.92 Å². The van der Waals surface area contributed by atoms with Crippen molar-refractivity contribution >= 4 is 11.9 Å². The molecular weight excluding hydrogens is 244 g/mol. The van der Waals surface area contributed by atoms with Crippen LogP contribution in [0.5, 0.6) is 0 Å². The molecule has 5 nitrogen and oxygen atoms in total. The lowest BCUT2D eigenvalue weighted by Gasteiger charge is -2.24. The zero-order valence-corrected chi connectivity index (χ0v) is 10.9. The fourth-order valence-electron chi connectivity index (χ4n) is 3.66. The summed E-state index contributed by atoms with van der Waals surface area (Å²) in [6, 6.07) is -0.644. The molecule has 0 aromatic carbocycles. The second kappa shape index (κ2) is 4.40. The van der Waals surface area contributed by atoms with Gasteiger partial charge in [-0.2, -0.15) is 0 Å². The van der Waals surface area contributed by atoms with Crippen LogP contribution in [0.3, 0.4) is 0 Å². The third-order valence-corrected chi connectivity index (χ3v) is 4.59. The van der Waals surface area contributed by atoms with Crippen molar-refractivity contribution in [3.05, 3.63) is 23.5 Å². The van der Waals surface area contributed by atoms with E-state index in [1.165, 1.54) is 0 Å². The number of hydrogen-bond acceptors (Lipinski definition) is 2. The molecule has 1 aliphatic heterocycles. The highest BCUT2D eigenvalue weighted by Crippen LogP contribution is 2.42. The zero-order chi connectivity index (χ0) is 13.6. The number of H-pyrrole nitrogens is 1. The minimum Gasteiger partial charge on any atom is -0.480 e. The number of hydrogen-bond donors (Lipinski definition) is 2. The van der Waals surface area contributed by atoms with Crippen LogP contribution in [0.15, 0.2) is 12.4 Å². The monoisotopic (exact) mass is 262 g/mol. The van der Waals surface area contributed by atoms with Crippen molar-refractivity contribution in [2.45, 2.75) is 32.2 Å². The number of nitrogens with zero attached hydrogens (tertiary/aromatic N) is 1. The van der Waals surface area contributed by atoms with E-state index in [0.717, 1.165) is 24.8 Å². The quantitative estimate of drug-likeness (QED) is 0.851. The number of likely N-dealkylation sites (tertiary alicyclic amines) is 1. The zero-order valence-electron chi connectivity index (χ0n) is 10.9.